The number of nitrogens with one attached hydrogen (secondary N) is 1. The molecule has 0 aliphatic heterocycles. The average Bonchev–Trinajstić information content (AvgIpc) is 2.98. The lowest BCUT2D eigenvalue weighted by Crippen LogP contribution is -2.48. The Bertz CT molecular complexity index is 799. The van der Waals surface area contributed by atoms with E-state index < -0.39 is 21.0 Å². The van der Waals surface area contributed by atoms with Gasteiger partial charge in [0.05, 0.1) is 5.75 Å². The van der Waals surface area contributed by atoms with Crippen LogP contribution >= 0.6 is 0 Å². The molecule has 0 spiro atoms. The van der Waals surface area contributed by atoms with E-state index in [1.54, 1.807) is 7.11 Å². The van der Waals surface area contributed by atoms with Crippen LogP contribution in [0.1, 0.15) is 52.0 Å². The molecule has 6 heteroatoms. The van der Waals surface area contributed by atoms with Crippen LogP contribution in [0.2, 0.25) is 0 Å². The fourth-order valence-electron chi connectivity index (χ4n) is 5.22. The lowest BCUT2D eigenvalue weighted by molar-refractivity contribution is -0.128. The Morgan fingerprint density at radius 2 is 1.93 bits per heavy atom. The summed E-state index contributed by atoms with van der Waals surface area (Å²) < 4.78 is 34.5. The third kappa shape index (κ3) is 3.26. The van der Waals surface area contributed by atoms with E-state index in [0.717, 1.165) is 12.0 Å². The lowest BCUT2D eigenvalue weighted by Gasteiger charge is -2.37. The van der Waals surface area contributed by atoms with Crippen LogP contribution in [0.5, 0.6) is 0 Å². The second-order valence-electron chi connectivity index (χ2n) is 8.66. The van der Waals surface area contributed by atoms with Crippen molar-refractivity contribution in [3.05, 3.63) is 35.9 Å². The molecule has 27 heavy (non-hydrogen) atoms. The highest BCUT2D eigenvalue weighted by molar-refractivity contribution is 7.89. The number of rotatable bonds is 8. The van der Waals surface area contributed by atoms with Gasteiger partial charge in [0.2, 0.25) is 10.0 Å². The maximum absolute atomic E-state index is 13.0. The molecule has 2 aliphatic carbocycles. The monoisotopic (exact) mass is 393 g/mol. The maximum Gasteiger partial charge on any atom is 0.212 e. The molecule has 2 fully saturated rings. The number of ketones is 1. The molecule has 150 valence electrons. The topological polar surface area (TPSA) is 72.5 Å². The van der Waals surface area contributed by atoms with Crippen molar-refractivity contribution in [1.82, 2.24) is 4.72 Å². The van der Waals surface area contributed by atoms with Gasteiger partial charge in [-0.3, -0.25) is 4.79 Å². The molecule has 2 bridgehead atoms. The van der Waals surface area contributed by atoms with Crippen molar-refractivity contribution in [2.24, 2.45) is 16.7 Å². The number of sulfonamides is 1. The van der Waals surface area contributed by atoms with E-state index in [1.807, 2.05) is 37.3 Å². The number of carbonyl (C=O) groups is 1. The van der Waals surface area contributed by atoms with Gasteiger partial charge in [0.15, 0.2) is 0 Å². The second kappa shape index (κ2) is 6.98. The molecule has 0 saturated heterocycles. The number of carbonyl (C=O) groups excluding carboxylic acids is 1. The predicted octanol–water partition coefficient (Wildman–Crippen LogP) is 3.25. The van der Waals surface area contributed by atoms with Crippen molar-refractivity contribution in [2.45, 2.75) is 52.1 Å². The molecule has 1 N–H and O–H groups in total. The minimum atomic E-state index is -3.63. The van der Waals surface area contributed by atoms with Crippen molar-refractivity contribution in [3.63, 3.8) is 0 Å². The van der Waals surface area contributed by atoms with Crippen LogP contribution in [0.25, 0.3) is 0 Å². The Hall–Kier alpha value is -1.24. The molecule has 2 saturated carbocycles. The normalized spacial score (nSPS) is 29.0. The van der Waals surface area contributed by atoms with Gasteiger partial charge in [0, 0.05) is 25.5 Å². The molecular formula is C21H31NO4S. The van der Waals surface area contributed by atoms with Crippen molar-refractivity contribution in [1.29, 1.82) is 0 Å². The smallest absolute Gasteiger partial charge is 0.212 e. The molecule has 1 aromatic rings. The van der Waals surface area contributed by atoms with Gasteiger partial charge in [-0.15, -0.1) is 0 Å². The van der Waals surface area contributed by atoms with Crippen LogP contribution in [0.15, 0.2) is 30.3 Å². The van der Waals surface area contributed by atoms with E-state index in [0.29, 0.717) is 25.2 Å². The highest BCUT2D eigenvalue weighted by atomic mass is 32.2. The van der Waals surface area contributed by atoms with Crippen LogP contribution in [-0.2, 0) is 25.2 Å². The summed E-state index contributed by atoms with van der Waals surface area (Å²) in [6.07, 6.45) is 2.76. The van der Waals surface area contributed by atoms with Gasteiger partial charge in [0.1, 0.15) is 11.4 Å². The molecule has 0 amide bonds. The molecule has 0 radical (unpaired) electrons. The van der Waals surface area contributed by atoms with E-state index in [4.69, 9.17) is 4.74 Å². The molecule has 1 aromatic carbocycles. The third-order valence-corrected chi connectivity index (χ3v) is 8.87. The summed E-state index contributed by atoms with van der Waals surface area (Å²) in [6, 6.07) is 9.67. The van der Waals surface area contributed by atoms with E-state index in [1.165, 1.54) is 0 Å². The van der Waals surface area contributed by atoms with Gasteiger partial charge in [-0.2, -0.15) is 0 Å². The molecule has 0 heterocycles. The van der Waals surface area contributed by atoms with Crippen molar-refractivity contribution in [3.8, 4) is 0 Å². The van der Waals surface area contributed by atoms with Crippen molar-refractivity contribution >= 4 is 15.8 Å². The summed E-state index contributed by atoms with van der Waals surface area (Å²) in [5.41, 5.74) is -0.798. The largest absolute Gasteiger partial charge is 0.372 e. The van der Waals surface area contributed by atoms with Crippen molar-refractivity contribution < 1.29 is 17.9 Å². The van der Waals surface area contributed by atoms with Crippen molar-refractivity contribution in [2.75, 3.05) is 19.4 Å². The van der Waals surface area contributed by atoms with Gasteiger partial charge in [-0.1, -0.05) is 51.1 Å². The van der Waals surface area contributed by atoms with Gasteiger partial charge in [0.25, 0.3) is 0 Å². The Morgan fingerprint density at radius 1 is 1.26 bits per heavy atom. The number of benzene rings is 1. The first kappa shape index (κ1) is 20.5. The summed E-state index contributed by atoms with van der Waals surface area (Å²) in [5.74, 6) is 0.296. The average molecular weight is 394 g/mol. The van der Waals surface area contributed by atoms with Crippen LogP contribution in [-0.4, -0.2) is 33.6 Å². The molecule has 3 atom stereocenters. The van der Waals surface area contributed by atoms with Gasteiger partial charge in [-0.25, -0.2) is 13.1 Å². The predicted molar refractivity (Wildman–Crippen MR) is 106 cm³/mol. The standard InChI is InChI=1S/C21H31NO4S/c1-5-21(26-4,16-9-7-6-8-10-16)14-22-27(24,25)15-20-12-11-17(13-18(20)23)19(20,2)3/h6-10,17,22H,5,11-15H2,1-4H3/t17-,20-,21+/m0/s1. The molecule has 0 unspecified atom stereocenters. The summed E-state index contributed by atoms with van der Waals surface area (Å²) in [7, 11) is -2.02. The molecule has 3 rings (SSSR count). The Labute approximate surface area is 162 Å². The highest BCUT2D eigenvalue weighted by Crippen LogP contribution is 2.64. The van der Waals surface area contributed by atoms with E-state index in [-0.39, 0.29) is 23.5 Å². The van der Waals surface area contributed by atoms with Gasteiger partial charge in [-0.05, 0) is 36.2 Å². The number of ether oxygens (including phenoxy) is 1. The molecular weight excluding hydrogens is 362 g/mol. The Kier molecular flexibility index (Phi) is 5.30. The zero-order valence-corrected chi connectivity index (χ0v) is 17.6. The SMILES string of the molecule is CC[C@](CNS(=O)(=O)C[C@@]12CC[C@@H](CC1=O)C2(C)C)(OC)c1ccccc1. The summed E-state index contributed by atoms with van der Waals surface area (Å²) in [5, 5.41) is 0. The highest BCUT2D eigenvalue weighted by Gasteiger charge is 2.65. The van der Waals surface area contributed by atoms with Gasteiger partial charge < -0.3 is 4.74 Å². The molecule has 0 aromatic heterocycles. The van der Waals surface area contributed by atoms with Crippen LogP contribution in [0, 0.1) is 16.7 Å². The lowest BCUT2D eigenvalue weighted by atomic mass is 9.70. The molecule has 2 aliphatic rings. The fourth-order valence-corrected chi connectivity index (χ4v) is 7.10. The van der Waals surface area contributed by atoms with E-state index in [9.17, 15) is 13.2 Å². The first-order chi connectivity index (χ1) is 12.6. The van der Waals surface area contributed by atoms with E-state index in [2.05, 4.69) is 18.6 Å². The number of methoxy groups -OCH3 is 1. The Morgan fingerprint density at radius 3 is 2.41 bits per heavy atom. The zero-order valence-electron chi connectivity index (χ0n) is 16.7. The van der Waals surface area contributed by atoms with Gasteiger partial charge >= 0.3 is 0 Å². The minimum absolute atomic E-state index is 0.116. The fraction of sp³-hybridized carbons (Fsp3) is 0.667. The number of Topliss-reactive ketones (excluding diaryl/α,β-unsaturated/α-hetero) is 1. The number of hydrogen-bond acceptors (Lipinski definition) is 4. The van der Waals surface area contributed by atoms with Crippen LogP contribution in [0.3, 0.4) is 0 Å². The van der Waals surface area contributed by atoms with Crippen LogP contribution < -0.4 is 4.72 Å². The summed E-state index contributed by atoms with van der Waals surface area (Å²) >= 11 is 0. The summed E-state index contributed by atoms with van der Waals surface area (Å²) in [4.78, 5) is 12.7. The van der Waals surface area contributed by atoms with E-state index >= 15 is 0 Å². The Balaban J connectivity index is 1.80. The number of hydrogen-bond donors (Lipinski definition) is 1. The van der Waals surface area contributed by atoms with Crippen LogP contribution in [0.4, 0.5) is 0 Å². The quantitative estimate of drug-likeness (QED) is 0.736. The number of fused-ring (bicyclic) bond motifs is 2. The summed E-state index contributed by atoms with van der Waals surface area (Å²) in [6.45, 7) is 6.25. The second-order valence-corrected chi connectivity index (χ2v) is 10.5. The maximum atomic E-state index is 13.0. The zero-order chi connectivity index (χ0) is 19.9. The first-order valence-electron chi connectivity index (χ1n) is 9.74. The third-order valence-electron chi connectivity index (χ3n) is 7.41. The first-order valence-corrected chi connectivity index (χ1v) is 11.4. The minimum Gasteiger partial charge on any atom is -0.372 e. The molecule has 5 nitrogen and oxygen atoms in total.